The van der Waals surface area contributed by atoms with E-state index in [0.29, 0.717) is 6.54 Å². The Balaban J connectivity index is 1.86. The number of benzene rings is 2. The van der Waals surface area contributed by atoms with Crippen LogP contribution in [0.2, 0.25) is 0 Å². The van der Waals surface area contributed by atoms with Crippen molar-refractivity contribution in [2.75, 3.05) is 6.54 Å². The largest absolute Gasteiger partial charge is 0.449 e. The Labute approximate surface area is 162 Å². The lowest BCUT2D eigenvalue weighted by molar-refractivity contribution is -0.129. The first-order valence-electron chi connectivity index (χ1n) is 8.99. The molecule has 1 amide bonds. The molecule has 2 aromatic carbocycles. The first-order chi connectivity index (χ1) is 13.4. The molecule has 7 heteroatoms. The second-order valence-corrected chi connectivity index (χ2v) is 6.21. The van der Waals surface area contributed by atoms with Crippen LogP contribution in [0.3, 0.4) is 0 Å². The molecule has 0 aliphatic heterocycles. The molecule has 0 fully saturated rings. The minimum Gasteiger partial charge on any atom is -0.449 e. The average Bonchev–Trinajstić information content (AvgIpc) is 2.69. The van der Waals surface area contributed by atoms with Gasteiger partial charge in [-0.25, -0.2) is 4.79 Å². The number of esters is 1. The number of ether oxygens (including phenoxy) is 2. The van der Waals surface area contributed by atoms with Gasteiger partial charge in [0.2, 0.25) is 0 Å². The average molecular weight is 391 g/mol. The number of carbonyl (C=O) groups is 2. The lowest BCUT2D eigenvalue weighted by Crippen LogP contribution is -2.38. The van der Waals surface area contributed by atoms with Crippen molar-refractivity contribution in [1.82, 2.24) is 5.32 Å². The fourth-order valence-corrected chi connectivity index (χ4v) is 2.65. The summed E-state index contributed by atoms with van der Waals surface area (Å²) in [6.45, 7) is 1.00. The fourth-order valence-electron chi connectivity index (χ4n) is 2.65. The highest BCUT2D eigenvalue weighted by molar-refractivity contribution is 5.92. The molecule has 0 aliphatic rings. The molecule has 2 aromatic rings. The van der Waals surface area contributed by atoms with Crippen molar-refractivity contribution in [3.63, 3.8) is 0 Å². The van der Waals surface area contributed by atoms with Gasteiger partial charge >= 0.3 is 12.6 Å². The van der Waals surface area contributed by atoms with Crippen molar-refractivity contribution < 1.29 is 27.8 Å². The van der Waals surface area contributed by atoms with Gasteiger partial charge in [-0.15, -0.1) is 0 Å². The van der Waals surface area contributed by atoms with Crippen LogP contribution < -0.4 is 10.1 Å². The summed E-state index contributed by atoms with van der Waals surface area (Å²) >= 11 is 0. The van der Waals surface area contributed by atoms with Crippen LogP contribution in [0.25, 0.3) is 0 Å². The molecule has 2 rings (SSSR count). The van der Waals surface area contributed by atoms with Crippen LogP contribution in [0.5, 0.6) is 5.75 Å². The molecule has 1 N–H and O–H groups in total. The molecule has 0 bridgehead atoms. The Bertz CT molecular complexity index is 766. The Morgan fingerprint density at radius 2 is 1.68 bits per heavy atom. The van der Waals surface area contributed by atoms with Crippen LogP contribution in [0.1, 0.15) is 42.1 Å². The second kappa shape index (κ2) is 10.4. The number of hydrogen-bond donors (Lipinski definition) is 1. The van der Waals surface area contributed by atoms with E-state index in [1.165, 1.54) is 31.2 Å². The maximum absolute atomic E-state index is 12.2. The zero-order valence-electron chi connectivity index (χ0n) is 15.7. The summed E-state index contributed by atoms with van der Waals surface area (Å²) in [5.41, 5.74) is 1.26. The summed E-state index contributed by atoms with van der Waals surface area (Å²) in [5, 5.41) is 2.80. The first-order valence-corrected chi connectivity index (χ1v) is 8.99. The van der Waals surface area contributed by atoms with Gasteiger partial charge in [0.05, 0.1) is 5.56 Å². The summed E-state index contributed by atoms with van der Waals surface area (Å²) in [7, 11) is 0. The van der Waals surface area contributed by atoms with Crippen LogP contribution in [0.15, 0.2) is 54.6 Å². The topological polar surface area (TPSA) is 64.6 Å². The highest BCUT2D eigenvalue weighted by Gasteiger charge is 2.20. The molecule has 0 heterocycles. The SMILES string of the molecule is CC[C@H](CNC(=O)[C@@H](C)OC(=O)c1ccc(OC(F)F)cc1)c1ccccc1. The number of rotatable bonds is 9. The molecule has 5 nitrogen and oxygen atoms in total. The maximum atomic E-state index is 12.2. The maximum Gasteiger partial charge on any atom is 0.387 e. The molecule has 28 heavy (non-hydrogen) atoms. The standard InChI is InChI=1S/C21H23F2NO4/c1-3-15(16-7-5-4-6-8-16)13-24-19(25)14(2)27-20(26)17-9-11-18(12-10-17)28-21(22)23/h4-12,14-15,21H,3,13H2,1-2H3,(H,24,25)/t14-,15-/m1/s1. The van der Waals surface area contributed by atoms with Crippen LogP contribution in [0.4, 0.5) is 8.78 Å². The zero-order valence-corrected chi connectivity index (χ0v) is 15.7. The van der Waals surface area contributed by atoms with Crippen molar-refractivity contribution in [2.45, 2.75) is 38.9 Å². The molecule has 0 unspecified atom stereocenters. The van der Waals surface area contributed by atoms with Gasteiger partial charge in [0.1, 0.15) is 5.75 Å². The number of nitrogens with one attached hydrogen (secondary N) is 1. The summed E-state index contributed by atoms with van der Waals surface area (Å²) in [4.78, 5) is 24.4. The van der Waals surface area contributed by atoms with E-state index in [2.05, 4.69) is 10.1 Å². The Hall–Kier alpha value is -2.96. The number of carbonyl (C=O) groups excluding carboxylic acids is 2. The highest BCUT2D eigenvalue weighted by Crippen LogP contribution is 2.18. The van der Waals surface area contributed by atoms with E-state index in [0.717, 1.165) is 12.0 Å². The molecule has 2 atom stereocenters. The molecule has 0 spiro atoms. The van der Waals surface area contributed by atoms with E-state index in [4.69, 9.17) is 4.74 Å². The van der Waals surface area contributed by atoms with Crippen molar-refractivity contribution in [2.24, 2.45) is 0 Å². The molecule has 0 saturated carbocycles. The molecule has 150 valence electrons. The van der Waals surface area contributed by atoms with Crippen molar-refractivity contribution in [3.8, 4) is 5.75 Å². The molecule has 0 radical (unpaired) electrons. The lowest BCUT2D eigenvalue weighted by atomic mass is 9.96. The fraction of sp³-hybridized carbons (Fsp3) is 0.333. The molecule has 0 aliphatic carbocycles. The molecular formula is C21H23F2NO4. The van der Waals surface area contributed by atoms with Gasteiger partial charge in [0, 0.05) is 12.5 Å². The van der Waals surface area contributed by atoms with E-state index < -0.39 is 24.6 Å². The minimum atomic E-state index is -2.94. The predicted octanol–water partition coefficient (Wildman–Crippen LogP) is 4.14. The van der Waals surface area contributed by atoms with Crippen molar-refractivity contribution >= 4 is 11.9 Å². The van der Waals surface area contributed by atoms with Gasteiger partial charge in [-0.05, 0) is 43.2 Å². The van der Waals surface area contributed by atoms with E-state index in [1.54, 1.807) is 0 Å². The predicted molar refractivity (Wildman–Crippen MR) is 100 cm³/mol. The third-order valence-corrected chi connectivity index (χ3v) is 4.25. The van der Waals surface area contributed by atoms with Gasteiger partial charge in [-0.2, -0.15) is 8.78 Å². The normalized spacial score (nSPS) is 12.9. The van der Waals surface area contributed by atoms with Gasteiger partial charge in [-0.3, -0.25) is 4.79 Å². The third kappa shape index (κ3) is 6.33. The second-order valence-electron chi connectivity index (χ2n) is 6.21. The van der Waals surface area contributed by atoms with Crippen molar-refractivity contribution in [1.29, 1.82) is 0 Å². The zero-order chi connectivity index (χ0) is 20.5. The van der Waals surface area contributed by atoms with Gasteiger partial charge in [0.25, 0.3) is 5.91 Å². The summed E-state index contributed by atoms with van der Waals surface area (Å²) in [5.74, 6) is -1.03. The Morgan fingerprint density at radius 1 is 1.04 bits per heavy atom. The lowest BCUT2D eigenvalue weighted by Gasteiger charge is -2.18. The van der Waals surface area contributed by atoms with Gasteiger partial charge < -0.3 is 14.8 Å². The van der Waals surface area contributed by atoms with Crippen LogP contribution in [0, 0.1) is 0 Å². The number of halogens is 2. The van der Waals surface area contributed by atoms with Crippen LogP contribution in [-0.4, -0.2) is 31.1 Å². The monoisotopic (exact) mass is 391 g/mol. The van der Waals surface area contributed by atoms with Crippen LogP contribution in [-0.2, 0) is 9.53 Å². The van der Waals surface area contributed by atoms with E-state index >= 15 is 0 Å². The van der Waals surface area contributed by atoms with Gasteiger partial charge in [0.15, 0.2) is 6.10 Å². The molecule has 0 aromatic heterocycles. The highest BCUT2D eigenvalue weighted by atomic mass is 19.3. The number of alkyl halides is 2. The smallest absolute Gasteiger partial charge is 0.387 e. The molecular weight excluding hydrogens is 368 g/mol. The van der Waals surface area contributed by atoms with Gasteiger partial charge in [-0.1, -0.05) is 37.3 Å². The van der Waals surface area contributed by atoms with E-state index in [-0.39, 0.29) is 17.2 Å². The van der Waals surface area contributed by atoms with E-state index in [1.807, 2.05) is 37.3 Å². The minimum absolute atomic E-state index is 0.0659. The Kier molecular flexibility index (Phi) is 7.92. The van der Waals surface area contributed by atoms with Crippen molar-refractivity contribution in [3.05, 3.63) is 65.7 Å². The Morgan fingerprint density at radius 3 is 2.25 bits per heavy atom. The summed E-state index contributed by atoms with van der Waals surface area (Å²) < 4.78 is 33.7. The third-order valence-electron chi connectivity index (χ3n) is 4.25. The summed E-state index contributed by atoms with van der Waals surface area (Å²) in [6.07, 6.45) is -0.135. The quantitative estimate of drug-likeness (QED) is 0.653. The summed E-state index contributed by atoms with van der Waals surface area (Å²) in [6, 6.07) is 14.9. The number of hydrogen-bond acceptors (Lipinski definition) is 4. The first kappa shape index (κ1) is 21.3. The van der Waals surface area contributed by atoms with E-state index in [9.17, 15) is 18.4 Å². The molecule has 0 saturated heterocycles. The number of amides is 1. The van der Waals surface area contributed by atoms with Crippen LogP contribution >= 0.6 is 0 Å².